The number of piperidine rings is 1. The summed E-state index contributed by atoms with van der Waals surface area (Å²) in [7, 11) is 0. The number of benzene rings is 1. The van der Waals surface area contributed by atoms with Crippen molar-refractivity contribution in [2.24, 2.45) is 0 Å². The highest BCUT2D eigenvalue weighted by Crippen LogP contribution is 2.32. The van der Waals surface area contributed by atoms with Gasteiger partial charge in [-0.25, -0.2) is 0 Å². The highest BCUT2D eigenvalue weighted by Gasteiger charge is 2.33. The molecule has 0 aliphatic carbocycles. The Morgan fingerprint density at radius 2 is 2.05 bits per heavy atom. The summed E-state index contributed by atoms with van der Waals surface area (Å²) in [6.07, 6.45) is 4.09. The average Bonchev–Trinajstić information content (AvgIpc) is 2.41. The van der Waals surface area contributed by atoms with Crippen LogP contribution < -0.4 is 10.6 Å². The van der Waals surface area contributed by atoms with Crippen LogP contribution in [0, 0.1) is 6.92 Å². The number of hydrogen-bond donors (Lipinski definition) is 1. The molecule has 1 aromatic carbocycles. The molecule has 3 heteroatoms. The average molecular weight is 259 g/mol. The topological polar surface area (TPSA) is 32.5 Å². The normalized spacial score (nSPS) is 28.2. The van der Waals surface area contributed by atoms with Crippen LogP contribution in [-0.4, -0.2) is 36.6 Å². The predicted molar refractivity (Wildman–Crippen MR) is 81.6 cm³/mol. The lowest BCUT2D eigenvalue weighted by Gasteiger charge is -2.48. The van der Waals surface area contributed by atoms with Crippen molar-refractivity contribution in [2.45, 2.75) is 45.2 Å². The number of fused-ring (bicyclic) bond motifs is 1. The first-order chi connectivity index (χ1) is 9.16. The fourth-order valence-electron chi connectivity index (χ4n) is 3.60. The van der Waals surface area contributed by atoms with Gasteiger partial charge >= 0.3 is 0 Å². The highest BCUT2D eigenvalue weighted by molar-refractivity contribution is 5.71. The Morgan fingerprint density at radius 1 is 1.21 bits per heavy atom. The molecule has 0 aromatic heterocycles. The van der Waals surface area contributed by atoms with E-state index in [2.05, 4.69) is 41.8 Å². The van der Waals surface area contributed by atoms with Crippen LogP contribution in [0.3, 0.4) is 0 Å². The zero-order valence-corrected chi connectivity index (χ0v) is 12.1. The third-order valence-corrected chi connectivity index (χ3v) is 4.80. The van der Waals surface area contributed by atoms with Crippen molar-refractivity contribution in [2.75, 3.05) is 30.3 Å². The molecule has 0 spiro atoms. The summed E-state index contributed by atoms with van der Waals surface area (Å²) in [5, 5.41) is 0. The van der Waals surface area contributed by atoms with Crippen LogP contribution in [0.2, 0.25) is 0 Å². The Hall–Kier alpha value is -1.22. The molecule has 2 fully saturated rings. The van der Waals surface area contributed by atoms with E-state index in [0.717, 1.165) is 18.3 Å². The molecule has 2 aliphatic rings. The summed E-state index contributed by atoms with van der Waals surface area (Å²) < 4.78 is 0. The fourth-order valence-corrected chi connectivity index (χ4v) is 3.60. The molecule has 104 valence electrons. The maximum Gasteiger partial charge on any atom is 0.0606 e. The number of aryl methyl sites for hydroxylation is 1. The lowest BCUT2D eigenvalue weighted by Crippen LogP contribution is -2.59. The summed E-state index contributed by atoms with van der Waals surface area (Å²) in [6.45, 7) is 8.02. The Kier molecular flexibility index (Phi) is 3.40. The lowest BCUT2D eigenvalue weighted by molar-refractivity contribution is 0.115. The number of para-hydroxylation sites is 1. The molecule has 0 saturated carbocycles. The van der Waals surface area contributed by atoms with E-state index in [9.17, 15) is 0 Å². The predicted octanol–water partition coefficient (Wildman–Crippen LogP) is 2.64. The van der Waals surface area contributed by atoms with Gasteiger partial charge in [-0.15, -0.1) is 0 Å². The Labute approximate surface area is 116 Å². The summed E-state index contributed by atoms with van der Waals surface area (Å²) in [5.74, 6) is 0. The summed E-state index contributed by atoms with van der Waals surface area (Å²) >= 11 is 0. The van der Waals surface area contributed by atoms with Crippen LogP contribution >= 0.6 is 0 Å². The van der Waals surface area contributed by atoms with Gasteiger partial charge in [0.2, 0.25) is 0 Å². The van der Waals surface area contributed by atoms with E-state index in [1.54, 1.807) is 0 Å². The molecule has 0 radical (unpaired) electrons. The van der Waals surface area contributed by atoms with E-state index in [-0.39, 0.29) is 0 Å². The molecule has 2 N–H and O–H groups in total. The van der Waals surface area contributed by atoms with Crippen molar-refractivity contribution in [3.05, 3.63) is 23.8 Å². The molecule has 3 rings (SSSR count). The maximum absolute atomic E-state index is 6.29. The second-order valence-electron chi connectivity index (χ2n) is 6.15. The smallest absolute Gasteiger partial charge is 0.0606 e. The molecule has 2 heterocycles. The van der Waals surface area contributed by atoms with E-state index in [0.29, 0.717) is 6.04 Å². The van der Waals surface area contributed by atoms with Crippen molar-refractivity contribution in [1.82, 2.24) is 4.90 Å². The second-order valence-corrected chi connectivity index (χ2v) is 6.15. The molecule has 2 unspecified atom stereocenters. The van der Waals surface area contributed by atoms with E-state index in [1.165, 1.54) is 43.6 Å². The summed E-state index contributed by atoms with van der Waals surface area (Å²) in [5.41, 5.74) is 9.67. The molecule has 1 aromatic rings. The number of nitrogen functional groups attached to an aromatic ring is 1. The van der Waals surface area contributed by atoms with Gasteiger partial charge < -0.3 is 10.6 Å². The maximum atomic E-state index is 6.29. The van der Waals surface area contributed by atoms with Gasteiger partial charge in [-0.2, -0.15) is 0 Å². The molecule has 3 nitrogen and oxygen atoms in total. The van der Waals surface area contributed by atoms with Gasteiger partial charge in [-0.3, -0.25) is 4.90 Å². The monoisotopic (exact) mass is 259 g/mol. The van der Waals surface area contributed by atoms with Crippen molar-refractivity contribution < 1.29 is 0 Å². The number of rotatable bonds is 1. The van der Waals surface area contributed by atoms with E-state index >= 15 is 0 Å². The third kappa shape index (κ3) is 2.32. The number of hydrogen-bond acceptors (Lipinski definition) is 3. The zero-order chi connectivity index (χ0) is 13.4. The standard InChI is InChI=1S/C16H25N3/c1-12-6-5-8-15(16(12)17)19-11-14-7-3-4-9-18(14)10-13(19)2/h5-6,8,13-14H,3-4,7,9-11,17H2,1-2H3. The van der Waals surface area contributed by atoms with Crippen LogP contribution in [0.25, 0.3) is 0 Å². The van der Waals surface area contributed by atoms with Gasteiger partial charge in [-0.05, 0) is 44.9 Å². The fraction of sp³-hybridized carbons (Fsp3) is 0.625. The van der Waals surface area contributed by atoms with Crippen molar-refractivity contribution in [1.29, 1.82) is 0 Å². The van der Waals surface area contributed by atoms with Gasteiger partial charge in [0.05, 0.1) is 11.4 Å². The van der Waals surface area contributed by atoms with Gasteiger partial charge in [0.25, 0.3) is 0 Å². The van der Waals surface area contributed by atoms with Gasteiger partial charge in [0.1, 0.15) is 0 Å². The largest absolute Gasteiger partial charge is 0.397 e. The molecule has 0 amide bonds. The number of anilines is 2. The molecule has 2 aliphatic heterocycles. The lowest BCUT2D eigenvalue weighted by atomic mass is 9.96. The minimum atomic E-state index is 0.554. The minimum absolute atomic E-state index is 0.554. The van der Waals surface area contributed by atoms with Gasteiger partial charge in [0, 0.05) is 25.2 Å². The Morgan fingerprint density at radius 3 is 2.89 bits per heavy atom. The first-order valence-electron chi connectivity index (χ1n) is 7.52. The van der Waals surface area contributed by atoms with Crippen LogP contribution in [0.1, 0.15) is 31.7 Å². The Balaban J connectivity index is 1.86. The molecular weight excluding hydrogens is 234 g/mol. The van der Waals surface area contributed by atoms with Crippen LogP contribution in [-0.2, 0) is 0 Å². The minimum Gasteiger partial charge on any atom is -0.397 e. The first kappa shape index (κ1) is 12.8. The highest BCUT2D eigenvalue weighted by atomic mass is 15.3. The van der Waals surface area contributed by atoms with Crippen molar-refractivity contribution >= 4 is 11.4 Å². The molecular formula is C16H25N3. The van der Waals surface area contributed by atoms with Gasteiger partial charge in [0.15, 0.2) is 0 Å². The summed E-state index contributed by atoms with van der Waals surface area (Å²) in [6, 6.07) is 7.68. The van der Waals surface area contributed by atoms with E-state index in [4.69, 9.17) is 5.73 Å². The van der Waals surface area contributed by atoms with Crippen molar-refractivity contribution in [3.8, 4) is 0 Å². The number of nitrogens with two attached hydrogens (primary N) is 1. The summed E-state index contributed by atoms with van der Waals surface area (Å²) in [4.78, 5) is 5.20. The first-order valence-corrected chi connectivity index (χ1v) is 7.52. The van der Waals surface area contributed by atoms with Crippen LogP contribution in [0.15, 0.2) is 18.2 Å². The zero-order valence-electron chi connectivity index (χ0n) is 12.1. The molecule has 2 saturated heterocycles. The van der Waals surface area contributed by atoms with Gasteiger partial charge in [-0.1, -0.05) is 18.6 Å². The van der Waals surface area contributed by atoms with E-state index in [1.807, 2.05) is 0 Å². The SMILES string of the molecule is Cc1cccc(N2CC3CCCCN3CC2C)c1N. The third-order valence-electron chi connectivity index (χ3n) is 4.80. The van der Waals surface area contributed by atoms with Crippen LogP contribution in [0.5, 0.6) is 0 Å². The second kappa shape index (κ2) is 5.04. The Bertz CT molecular complexity index is 457. The number of piperazine rings is 1. The molecule has 19 heavy (non-hydrogen) atoms. The number of nitrogens with zero attached hydrogens (tertiary/aromatic N) is 2. The quantitative estimate of drug-likeness (QED) is 0.787. The molecule has 2 atom stereocenters. The molecule has 0 bridgehead atoms. The van der Waals surface area contributed by atoms with Crippen molar-refractivity contribution in [3.63, 3.8) is 0 Å². The van der Waals surface area contributed by atoms with E-state index < -0.39 is 0 Å². The van der Waals surface area contributed by atoms with Crippen LogP contribution in [0.4, 0.5) is 11.4 Å².